The summed E-state index contributed by atoms with van der Waals surface area (Å²) < 4.78 is 41.0. The fraction of sp³-hybridized carbons (Fsp3) is 0.696. The van der Waals surface area contributed by atoms with E-state index in [2.05, 4.69) is 16.6 Å². The Morgan fingerprint density at radius 3 is 2.47 bits per heavy atom. The van der Waals surface area contributed by atoms with Crippen LogP contribution < -0.4 is 9.64 Å². The number of carbonyl (C=O) groups is 1. The first-order valence-corrected chi connectivity index (χ1v) is 11.5. The van der Waals surface area contributed by atoms with E-state index in [9.17, 15) is 23.1 Å². The third kappa shape index (κ3) is 5.49. The Morgan fingerprint density at radius 1 is 1.12 bits per heavy atom. The topological polar surface area (TPSA) is 56.3 Å². The van der Waals surface area contributed by atoms with Crippen molar-refractivity contribution in [3.63, 3.8) is 0 Å². The molecular formula is C23H32F3N3O3. The van der Waals surface area contributed by atoms with E-state index in [-0.39, 0.29) is 29.2 Å². The van der Waals surface area contributed by atoms with Gasteiger partial charge in [-0.05, 0) is 68.8 Å². The second-order valence-electron chi connectivity index (χ2n) is 9.43. The van der Waals surface area contributed by atoms with E-state index in [1.54, 1.807) is 12.1 Å². The summed E-state index contributed by atoms with van der Waals surface area (Å²) in [7, 11) is 0. The van der Waals surface area contributed by atoms with Crippen molar-refractivity contribution in [1.29, 1.82) is 0 Å². The third-order valence-electron chi connectivity index (χ3n) is 7.31. The second-order valence-corrected chi connectivity index (χ2v) is 9.43. The lowest BCUT2D eigenvalue weighted by atomic mass is 9.90. The number of benzene rings is 1. The van der Waals surface area contributed by atoms with Crippen LogP contribution in [0.2, 0.25) is 0 Å². The zero-order valence-electron chi connectivity index (χ0n) is 18.5. The van der Waals surface area contributed by atoms with Gasteiger partial charge in [0.15, 0.2) is 0 Å². The summed E-state index contributed by atoms with van der Waals surface area (Å²) in [5, 5.41) is 10.4. The molecule has 1 aliphatic carbocycles. The average molecular weight is 456 g/mol. The summed E-state index contributed by atoms with van der Waals surface area (Å²) in [4.78, 5) is 19.0. The minimum absolute atomic E-state index is 0.0963. The van der Waals surface area contributed by atoms with Crippen molar-refractivity contribution in [1.82, 2.24) is 9.80 Å². The van der Waals surface area contributed by atoms with Crippen LogP contribution in [0.5, 0.6) is 5.75 Å². The first kappa shape index (κ1) is 23.2. The van der Waals surface area contributed by atoms with Crippen molar-refractivity contribution in [3.8, 4) is 5.75 Å². The maximum atomic E-state index is 12.7. The molecule has 32 heavy (non-hydrogen) atoms. The van der Waals surface area contributed by atoms with Crippen LogP contribution in [-0.4, -0.2) is 78.6 Å². The normalized spacial score (nSPS) is 25.0. The molecule has 2 saturated heterocycles. The fourth-order valence-electron chi connectivity index (χ4n) is 4.97. The van der Waals surface area contributed by atoms with Gasteiger partial charge in [0.25, 0.3) is 0 Å². The van der Waals surface area contributed by atoms with Crippen molar-refractivity contribution in [2.75, 3.05) is 44.2 Å². The summed E-state index contributed by atoms with van der Waals surface area (Å²) in [6, 6.07) is 5.89. The molecule has 6 nitrogen and oxygen atoms in total. The van der Waals surface area contributed by atoms with Crippen LogP contribution in [0.4, 0.5) is 18.9 Å². The molecular weight excluding hydrogens is 423 g/mol. The van der Waals surface area contributed by atoms with Gasteiger partial charge in [0.2, 0.25) is 5.91 Å². The number of β-amino-alcohol motifs (C(OH)–C–C–N with tert-alkyl or cyclic N) is 1. The highest BCUT2D eigenvalue weighted by molar-refractivity contribution is 5.77. The third-order valence-corrected chi connectivity index (χ3v) is 7.31. The van der Waals surface area contributed by atoms with Gasteiger partial charge in [-0.2, -0.15) is 0 Å². The van der Waals surface area contributed by atoms with Crippen molar-refractivity contribution in [3.05, 3.63) is 24.3 Å². The standard InChI is InChI=1S/C23H32F3N3O3/c1-17(6-11-27-13-10-22(8-9-22)20(30)16-27)29-15-14-28(12-7-21(29)31)18-2-4-19(5-3-18)32-23(24,25)26/h2-5,17,20,30H,6-16H2,1H3. The highest BCUT2D eigenvalue weighted by Crippen LogP contribution is 2.53. The van der Waals surface area contributed by atoms with E-state index in [0.29, 0.717) is 26.1 Å². The quantitative estimate of drug-likeness (QED) is 0.714. The Labute approximate surface area is 186 Å². The molecule has 1 amide bonds. The highest BCUT2D eigenvalue weighted by Gasteiger charge is 2.51. The molecule has 1 aromatic carbocycles. The number of nitrogens with zero attached hydrogens (tertiary/aromatic N) is 3. The number of piperidine rings is 1. The Balaban J connectivity index is 1.27. The molecule has 2 unspecified atom stereocenters. The Hall–Kier alpha value is -2.00. The van der Waals surface area contributed by atoms with Gasteiger partial charge < -0.3 is 24.5 Å². The predicted molar refractivity (Wildman–Crippen MR) is 114 cm³/mol. The van der Waals surface area contributed by atoms with E-state index in [1.807, 2.05) is 9.80 Å². The van der Waals surface area contributed by atoms with Gasteiger partial charge in [-0.3, -0.25) is 4.79 Å². The van der Waals surface area contributed by atoms with Gasteiger partial charge in [-0.1, -0.05) is 0 Å². The lowest BCUT2D eigenvalue weighted by Crippen LogP contribution is -2.47. The molecule has 1 saturated carbocycles. The first-order valence-electron chi connectivity index (χ1n) is 11.5. The van der Waals surface area contributed by atoms with E-state index >= 15 is 0 Å². The molecule has 0 bridgehead atoms. The second kappa shape index (κ2) is 9.09. The number of likely N-dealkylation sites (tertiary alicyclic amines) is 1. The van der Waals surface area contributed by atoms with Crippen LogP contribution >= 0.6 is 0 Å². The maximum absolute atomic E-state index is 12.7. The molecule has 2 atom stereocenters. The number of aliphatic hydroxyl groups excluding tert-OH is 1. The minimum Gasteiger partial charge on any atom is -0.406 e. The van der Waals surface area contributed by atoms with Crippen LogP contribution in [-0.2, 0) is 4.79 Å². The van der Waals surface area contributed by atoms with Crippen LogP contribution in [0.25, 0.3) is 0 Å². The number of alkyl halides is 3. The summed E-state index contributed by atoms with van der Waals surface area (Å²) in [6.45, 7) is 6.40. The number of carbonyl (C=O) groups excluding carboxylic acids is 1. The van der Waals surface area contributed by atoms with Crippen molar-refractivity contribution in [2.24, 2.45) is 5.41 Å². The van der Waals surface area contributed by atoms with Gasteiger partial charge in [0, 0.05) is 50.9 Å². The molecule has 0 radical (unpaired) electrons. The van der Waals surface area contributed by atoms with Crippen molar-refractivity contribution in [2.45, 2.75) is 57.5 Å². The number of hydrogen-bond donors (Lipinski definition) is 1. The lowest BCUT2D eigenvalue weighted by Gasteiger charge is -2.37. The van der Waals surface area contributed by atoms with Crippen molar-refractivity contribution >= 4 is 11.6 Å². The molecule has 2 heterocycles. The largest absolute Gasteiger partial charge is 0.573 e. The van der Waals surface area contributed by atoms with E-state index in [0.717, 1.165) is 51.0 Å². The summed E-state index contributed by atoms with van der Waals surface area (Å²) >= 11 is 0. The van der Waals surface area contributed by atoms with E-state index < -0.39 is 6.36 Å². The molecule has 4 rings (SSSR count). The number of halogens is 3. The first-order chi connectivity index (χ1) is 15.2. The van der Waals surface area contributed by atoms with Crippen LogP contribution in [0.3, 0.4) is 0 Å². The molecule has 3 fully saturated rings. The van der Waals surface area contributed by atoms with Crippen LogP contribution in [0.15, 0.2) is 24.3 Å². The Morgan fingerprint density at radius 2 is 1.84 bits per heavy atom. The number of aliphatic hydroxyl groups is 1. The SMILES string of the molecule is CC(CCN1CCC2(CC2)C(O)C1)N1CCN(c2ccc(OC(F)(F)F)cc2)CCC1=O. The molecule has 0 aromatic heterocycles. The molecule has 1 N–H and O–H groups in total. The maximum Gasteiger partial charge on any atom is 0.573 e. The highest BCUT2D eigenvalue weighted by atomic mass is 19.4. The smallest absolute Gasteiger partial charge is 0.406 e. The zero-order chi connectivity index (χ0) is 22.9. The average Bonchev–Trinajstić information content (AvgIpc) is 3.53. The molecule has 1 aromatic rings. The number of anilines is 1. The van der Waals surface area contributed by atoms with Gasteiger partial charge >= 0.3 is 6.36 Å². The van der Waals surface area contributed by atoms with Gasteiger partial charge in [0.05, 0.1) is 6.10 Å². The Kier molecular flexibility index (Phi) is 6.58. The van der Waals surface area contributed by atoms with E-state index in [4.69, 9.17) is 0 Å². The molecule has 9 heteroatoms. The van der Waals surface area contributed by atoms with Gasteiger partial charge in [0.1, 0.15) is 5.75 Å². The van der Waals surface area contributed by atoms with Gasteiger partial charge in [-0.25, -0.2) is 0 Å². The molecule has 178 valence electrons. The molecule has 3 aliphatic rings. The van der Waals surface area contributed by atoms with Gasteiger partial charge in [-0.15, -0.1) is 13.2 Å². The van der Waals surface area contributed by atoms with Crippen molar-refractivity contribution < 1.29 is 27.8 Å². The number of rotatable bonds is 6. The Bertz CT molecular complexity index is 798. The minimum atomic E-state index is -4.71. The van der Waals surface area contributed by atoms with Crippen LogP contribution in [0, 0.1) is 5.41 Å². The van der Waals surface area contributed by atoms with Crippen LogP contribution in [0.1, 0.15) is 39.0 Å². The monoisotopic (exact) mass is 455 g/mol. The molecule has 2 aliphatic heterocycles. The zero-order valence-corrected chi connectivity index (χ0v) is 18.5. The fourth-order valence-corrected chi connectivity index (χ4v) is 4.97. The number of hydrogen-bond acceptors (Lipinski definition) is 5. The summed E-state index contributed by atoms with van der Waals surface area (Å²) in [5.74, 6) is -0.148. The number of ether oxygens (including phenoxy) is 1. The summed E-state index contributed by atoms with van der Waals surface area (Å²) in [6.07, 6.45) is -0.353. The molecule has 1 spiro atoms. The lowest BCUT2D eigenvalue weighted by molar-refractivity contribution is -0.274. The number of amides is 1. The predicted octanol–water partition coefficient (Wildman–Crippen LogP) is 3.25. The summed E-state index contributed by atoms with van der Waals surface area (Å²) in [5.41, 5.74) is 0.974. The van der Waals surface area contributed by atoms with E-state index in [1.165, 1.54) is 12.1 Å².